The third kappa shape index (κ3) is 3.28. The van der Waals surface area contributed by atoms with Gasteiger partial charge in [-0.05, 0) is 12.1 Å². The fourth-order valence-electron chi connectivity index (χ4n) is 1.89. The number of morpholine rings is 1. The maximum Gasteiger partial charge on any atom is 0.228 e. The molecule has 0 bridgehead atoms. The van der Waals surface area contributed by atoms with E-state index in [9.17, 15) is 4.79 Å². The van der Waals surface area contributed by atoms with Gasteiger partial charge < -0.3 is 15.0 Å². The molecule has 0 radical (unpaired) electrons. The number of nitrogens with one attached hydrogen (secondary N) is 1. The number of hydrogen-bond acceptors (Lipinski definition) is 3. The van der Waals surface area contributed by atoms with Crippen LogP contribution in [-0.2, 0) is 9.53 Å². The van der Waals surface area contributed by atoms with E-state index in [0.717, 1.165) is 18.8 Å². The Morgan fingerprint density at radius 3 is 2.88 bits per heavy atom. The van der Waals surface area contributed by atoms with Crippen LogP contribution in [0.2, 0.25) is 0 Å². The highest BCUT2D eigenvalue weighted by molar-refractivity contribution is 5.93. The van der Waals surface area contributed by atoms with Crippen molar-refractivity contribution in [3.8, 4) is 0 Å². The number of hydrogen-bond donors (Lipinski definition) is 1. The number of carbonyl (C=O) groups excluding carboxylic acids is 1. The zero-order valence-electron chi connectivity index (χ0n) is 10.1. The second-order valence-electron chi connectivity index (χ2n) is 4.22. The minimum atomic E-state index is 0.110. The van der Waals surface area contributed by atoms with Crippen molar-refractivity contribution in [3.63, 3.8) is 0 Å². The summed E-state index contributed by atoms with van der Waals surface area (Å²) >= 11 is 0. The van der Waals surface area contributed by atoms with Crippen LogP contribution in [0.3, 0.4) is 0 Å². The van der Waals surface area contributed by atoms with Crippen molar-refractivity contribution in [2.75, 3.05) is 31.7 Å². The highest BCUT2D eigenvalue weighted by Crippen LogP contribution is 2.13. The van der Waals surface area contributed by atoms with Crippen molar-refractivity contribution < 1.29 is 9.53 Å². The van der Waals surface area contributed by atoms with E-state index in [1.54, 1.807) is 11.9 Å². The van der Waals surface area contributed by atoms with Gasteiger partial charge in [0.2, 0.25) is 5.91 Å². The molecule has 1 atom stereocenters. The summed E-state index contributed by atoms with van der Waals surface area (Å²) in [6, 6.07) is 9.81. The van der Waals surface area contributed by atoms with Crippen LogP contribution in [0.5, 0.6) is 0 Å². The van der Waals surface area contributed by atoms with E-state index < -0.39 is 0 Å². The molecule has 1 saturated heterocycles. The van der Waals surface area contributed by atoms with Gasteiger partial charge >= 0.3 is 0 Å². The lowest BCUT2D eigenvalue weighted by atomic mass is 10.1. The number of anilines is 1. The molecule has 0 aromatic heterocycles. The van der Waals surface area contributed by atoms with Crippen molar-refractivity contribution in [3.05, 3.63) is 30.3 Å². The second kappa shape index (κ2) is 5.80. The molecule has 2 rings (SSSR count). The summed E-state index contributed by atoms with van der Waals surface area (Å²) < 4.78 is 5.34. The number of amides is 1. The van der Waals surface area contributed by atoms with E-state index in [2.05, 4.69) is 5.32 Å². The minimum Gasteiger partial charge on any atom is -0.378 e. The first-order valence-electron chi connectivity index (χ1n) is 5.90. The average molecular weight is 234 g/mol. The zero-order valence-corrected chi connectivity index (χ0v) is 10.1. The summed E-state index contributed by atoms with van der Waals surface area (Å²) in [7, 11) is 1.81. The van der Waals surface area contributed by atoms with Crippen LogP contribution in [0.15, 0.2) is 30.3 Å². The quantitative estimate of drug-likeness (QED) is 0.849. The van der Waals surface area contributed by atoms with Crippen molar-refractivity contribution in [1.82, 2.24) is 5.32 Å². The maximum absolute atomic E-state index is 12.0. The Hall–Kier alpha value is -1.39. The molecule has 1 N–H and O–H groups in total. The van der Waals surface area contributed by atoms with E-state index in [4.69, 9.17) is 4.74 Å². The van der Waals surface area contributed by atoms with E-state index in [1.165, 1.54) is 0 Å². The molecular weight excluding hydrogens is 216 g/mol. The van der Waals surface area contributed by atoms with E-state index >= 15 is 0 Å². The molecule has 0 spiro atoms. The lowest BCUT2D eigenvalue weighted by molar-refractivity contribution is -0.119. The molecule has 1 aliphatic rings. The topological polar surface area (TPSA) is 41.6 Å². The van der Waals surface area contributed by atoms with E-state index in [0.29, 0.717) is 13.0 Å². The number of benzene rings is 1. The molecule has 1 aliphatic heterocycles. The number of rotatable bonds is 3. The highest BCUT2D eigenvalue weighted by atomic mass is 16.5. The van der Waals surface area contributed by atoms with Crippen LogP contribution in [0.1, 0.15) is 6.42 Å². The summed E-state index contributed by atoms with van der Waals surface area (Å²) in [5, 5.41) is 3.28. The first-order valence-corrected chi connectivity index (χ1v) is 5.90. The first-order chi connectivity index (χ1) is 8.27. The Balaban J connectivity index is 1.91. The van der Waals surface area contributed by atoms with Gasteiger partial charge in [0, 0.05) is 31.7 Å². The van der Waals surface area contributed by atoms with Gasteiger partial charge in [-0.25, -0.2) is 0 Å². The smallest absolute Gasteiger partial charge is 0.228 e. The van der Waals surface area contributed by atoms with Crippen LogP contribution < -0.4 is 10.2 Å². The molecule has 1 fully saturated rings. The number of carbonyl (C=O) groups is 1. The van der Waals surface area contributed by atoms with Gasteiger partial charge in [-0.3, -0.25) is 4.79 Å². The molecule has 1 aromatic rings. The molecule has 1 aromatic carbocycles. The summed E-state index contributed by atoms with van der Waals surface area (Å²) in [6.07, 6.45) is 0.478. The summed E-state index contributed by atoms with van der Waals surface area (Å²) in [5.41, 5.74) is 0.925. The molecule has 92 valence electrons. The van der Waals surface area contributed by atoms with Gasteiger partial charge in [0.15, 0.2) is 0 Å². The molecule has 17 heavy (non-hydrogen) atoms. The molecule has 1 unspecified atom stereocenters. The van der Waals surface area contributed by atoms with Crippen molar-refractivity contribution in [2.24, 2.45) is 0 Å². The number of nitrogens with zero attached hydrogens (tertiary/aromatic N) is 1. The SMILES string of the molecule is CN(C(=O)CC1COCCN1)c1ccccc1. The van der Waals surface area contributed by atoms with Gasteiger partial charge in [-0.15, -0.1) is 0 Å². The van der Waals surface area contributed by atoms with Crippen molar-refractivity contribution >= 4 is 11.6 Å². The monoisotopic (exact) mass is 234 g/mol. The first kappa shape index (κ1) is 12.1. The lowest BCUT2D eigenvalue weighted by Crippen LogP contribution is -2.44. The van der Waals surface area contributed by atoms with Crippen LogP contribution in [0.4, 0.5) is 5.69 Å². The fourth-order valence-corrected chi connectivity index (χ4v) is 1.89. The van der Waals surface area contributed by atoms with Crippen LogP contribution in [-0.4, -0.2) is 38.8 Å². The van der Waals surface area contributed by atoms with Crippen LogP contribution in [0, 0.1) is 0 Å². The number of ether oxygens (including phenoxy) is 1. The predicted octanol–water partition coefficient (Wildman–Crippen LogP) is 1.03. The van der Waals surface area contributed by atoms with Crippen LogP contribution >= 0.6 is 0 Å². The third-order valence-electron chi connectivity index (χ3n) is 2.94. The largest absolute Gasteiger partial charge is 0.378 e. The molecule has 0 aliphatic carbocycles. The normalized spacial score (nSPS) is 19.9. The fraction of sp³-hybridized carbons (Fsp3) is 0.462. The van der Waals surface area contributed by atoms with Crippen molar-refractivity contribution in [2.45, 2.75) is 12.5 Å². The summed E-state index contributed by atoms with van der Waals surface area (Å²) in [5.74, 6) is 0.110. The highest BCUT2D eigenvalue weighted by Gasteiger charge is 2.19. The molecule has 4 heteroatoms. The minimum absolute atomic E-state index is 0.110. The van der Waals surface area contributed by atoms with Gasteiger partial charge in [-0.1, -0.05) is 18.2 Å². The van der Waals surface area contributed by atoms with Gasteiger partial charge in [0.1, 0.15) is 0 Å². The van der Waals surface area contributed by atoms with Crippen molar-refractivity contribution in [1.29, 1.82) is 0 Å². The Morgan fingerprint density at radius 2 is 2.24 bits per heavy atom. The second-order valence-corrected chi connectivity index (χ2v) is 4.22. The summed E-state index contributed by atoms with van der Waals surface area (Å²) in [6.45, 7) is 2.18. The molecule has 1 heterocycles. The van der Waals surface area contributed by atoms with Crippen LogP contribution in [0.25, 0.3) is 0 Å². The zero-order chi connectivity index (χ0) is 12.1. The molecular formula is C13H18N2O2. The Labute approximate surface area is 102 Å². The predicted molar refractivity (Wildman–Crippen MR) is 67.1 cm³/mol. The Kier molecular flexibility index (Phi) is 4.12. The Bertz CT molecular complexity index is 361. The van der Waals surface area contributed by atoms with Gasteiger partial charge in [0.05, 0.1) is 13.2 Å². The lowest BCUT2D eigenvalue weighted by Gasteiger charge is -2.25. The number of para-hydroxylation sites is 1. The molecule has 0 saturated carbocycles. The Morgan fingerprint density at radius 1 is 1.47 bits per heavy atom. The average Bonchev–Trinajstić information content (AvgIpc) is 2.40. The maximum atomic E-state index is 12.0. The van der Waals surface area contributed by atoms with Gasteiger partial charge in [0.25, 0.3) is 0 Å². The standard InChI is InChI=1S/C13H18N2O2/c1-15(12-5-3-2-4-6-12)13(16)9-11-10-17-8-7-14-11/h2-6,11,14H,7-10H2,1H3. The van der Waals surface area contributed by atoms with E-state index in [-0.39, 0.29) is 11.9 Å². The van der Waals surface area contributed by atoms with Gasteiger partial charge in [-0.2, -0.15) is 0 Å². The third-order valence-corrected chi connectivity index (χ3v) is 2.94. The molecule has 4 nitrogen and oxygen atoms in total. The van der Waals surface area contributed by atoms with E-state index in [1.807, 2.05) is 30.3 Å². The summed E-state index contributed by atoms with van der Waals surface area (Å²) in [4.78, 5) is 13.7. The molecule has 1 amide bonds.